The third-order valence-corrected chi connectivity index (χ3v) is 2.81. The van der Waals surface area contributed by atoms with Crippen molar-refractivity contribution in [1.29, 1.82) is 5.26 Å². The highest BCUT2D eigenvalue weighted by atomic mass is 32.2. The molecule has 0 radical (unpaired) electrons. The Labute approximate surface area is 83.8 Å². The molecule has 1 aromatic rings. The molecule has 0 atom stereocenters. The quantitative estimate of drug-likeness (QED) is 0.669. The Balaban J connectivity index is 3.15. The Hall–Kier alpha value is -0.940. The van der Waals surface area contributed by atoms with Crippen LogP contribution in [0.5, 0.6) is 0 Å². The highest BCUT2D eigenvalue weighted by molar-refractivity contribution is 7.98. The lowest BCUT2D eigenvalue weighted by atomic mass is 10.0. The van der Waals surface area contributed by atoms with Crippen molar-refractivity contribution in [1.82, 2.24) is 0 Å². The molecule has 0 fully saturated rings. The zero-order valence-corrected chi connectivity index (χ0v) is 8.98. The summed E-state index contributed by atoms with van der Waals surface area (Å²) >= 11 is 1.62. The third-order valence-electron chi connectivity index (χ3n) is 2.01. The van der Waals surface area contributed by atoms with Gasteiger partial charge in [0, 0.05) is 4.90 Å². The second-order valence-corrected chi connectivity index (χ2v) is 4.07. The highest BCUT2D eigenvalue weighted by Gasteiger charge is 2.04. The molecule has 0 bridgehead atoms. The van der Waals surface area contributed by atoms with Crippen LogP contribution in [0.1, 0.15) is 30.9 Å². The van der Waals surface area contributed by atoms with Crippen molar-refractivity contribution >= 4 is 11.8 Å². The molecule has 0 aromatic heterocycles. The average Bonchev–Trinajstić information content (AvgIpc) is 2.16. The summed E-state index contributed by atoms with van der Waals surface area (Å²) in [7, 11) is 0. The van der Waals surface area contributed by atoms with E-state index in [1.54, 1.807) is 11.8 Å². The second-order valence-electron chi connectivity index (χ2n) is 3.23. The third kappa shape index (κ3) is 2.26. The van der Waals surface area contributed by atoms with Gasteiger partial charge in [-0.05, 0) is 29.9 Å². The largest absolute Gasteiger partial charge is 0.192 e. The van der Waals surface area contributed by atoms with Crippen LogP contribution in [0.3, 0.4) is 0 Å². The molecule has 1 nitrogen and oxygen atoms in total. The summed E-state index contributed by atoms with van der Waals surface area (Å²) in [4.78, 5) is 1.06. The topological polar surface area (TPSA) is 23.8 Å². The molecule has 0 unspecified atom stereocenters. The highest BCUT2D eigenvalue weighted by Crippen LogP contribution is 2.24. The molecule has 1 rings (SSSR count). The van der Waals surface area contributed by atoms with Gasteiger partial charge in [-0.25, -0.2) is 0 Å². The predicted molar refractivity (Wildman–Crippen MR) is 57.0 cm³/mol. The van der Waals surface area contributed by atoms with Crippen molar-refractivity contribution in [3.8, 4) is 6.07 Å². The molecule has 0 saturated heterocycles. The van der Waals surface area contributed by atoms with E-state index >= 15 is 0 Å². The molecule has 0 saturated carbocycles. The van der Waals surface area contributed by atoms with Crippen LogP contribution in [-0.4, -0.2) is 6.26 Å². The molecule has 0 aliphatic carbocycles. The van der Waals surface area contributed by atoms with Gasteiger partial charge in [-0.3, -0.25) is 0 Å². The summed E-state index contributed by atoms with van der Waals surface area (Å²) in [5.41, 5.74) is 2.02. The van der Waals surface area contributed by atoms with Gasteiger partial charge < -0.3 is 0 Å². The van der Waals surface area contributed by atoms with E-state index in [9.17, 15) is 0 Å². The molecular formula is C11H13NS. The SMILES string of the molecule is CSc1ccc(C(C)C)cc1C#N. The van der Waals surface area contributed by atoms with E-state index in [-0.39, 0.29) is 0 Å². The van der Waals surface area contributed by atoms with Crippen LogP contribution in [0.15, 0.2) is 23.1 Å². The van der Waals surface area contributed by atoms with Crippen LogP contribution in [0.25, 0.3) is 0 Å². The maximum absolute atomic E-state index is 8.89. The molecule has 68 valence electrons. The normalized spacial score (nSPS) is 10.1. The van der Waals surface area contributed by atoms with Crippen LogP contribution < -0.4 is 0 Å². The van der Waals surface area contributed by atoms with Crippen LogP contribution in [0.4, 0.5) is 0 Å². The maximum atomic E-state index is 8.89. The van der Waals surface area contributed by atoms with Crippen molar-refractivity contribution in [2.45, 2.75) is 24.7 Å². The molecule has 0 aliphatic heterocycles. The minimum absolute atomic E-state index is 0.489. The first-order chi connectivity index (χ1) is 6.19. The predicted octanol–water partition coefficient (Wildman–Crippen LogP) is 3.40. The van der Waals surface area contributed by atoms with E-state index in [2.05, 4.69) is 26.0 Å². The first-order valence-electron chi connectivity index (χ1n) is 4.27. The molecule has 1 aromatic carbocycles. The Morgan fingerprint density at radius 1 is 1.38 bits per heavy atom. The summed E-state index contributed by atoms with van der Waals surface area (Å²) in [6, 6.07) is 8.32. The molecule has 13 heavy (non-hydrogen) atoms. The van der Waals surface area contributed by atoms with Crippen LogP contribution in [0, 0.1) is 11.3 Å². The zero-order valence-electron chi connectivity index (χ0n) is 8.16. The number of thioether (sulfide) groups is 1. The van der Waals surface area contributed by atoms with Crippen molar-refractivity contribution in [3.05, 3.63) is 29.3 Å². The van der Waals surface area contributed by atoms with Crippen LogP contribution in [-0.2, 0) is 0 Å². The number of benzene rings is 1. The zero-order chi connectivity index (χ0) is 9.84. The molecule has 0 aliphatic rings. The van der Waals surface area contributed by atoms with E-state index < -0.39 is 0 Å². The molecule has 0 heterocycles. The van der Waals surface area contributed by atoms with Gasteiger partial charge >= 0.3 is 0 Å². The average molecular weight is 191 g/mol. The van der Waals surface area contributed by atoms with Crippen molar-refractivity contribution in [2.24, 2.45) is 0 Å². The van der Waals surface area contributed by atoms with Gasteiger partial charge in [0.2, 0.25) is 0 Å². The maximum Gasteiger partial charge on any atom is 0.100 e. The Morgan fingerprint density at radius 3 is 2.54 bits per heavy atom. The summed E-state index contributed by atoms with van der Waals surface area (Å²) < 4.78 is 0. The van der Waals surface area contributed by atoms with E-state index in [0.29, 0.717) is 5.92 Å². The number of rotatable bonds is 2. The Kier molecular flexibility index (Phi) is 3.39. The van der Waals surface area contributed by atoms with Gasteiger partial charge in [0.1, 0.15) is 6.07 Å². The summed E-state index contributed by atoms with van der Waals surface area (Å²) in [6.45, 7) is 4.27. The first kappa shape index (κ1) is 10.1. The number of hydrogen-bond donors (Lipinski definition) is 0. The van der Waals surface area contributed by atoms with Gasteiger partial charge in [-0.1, -0.05) is 19.9 Å². The van der Waals surface area contributed by atoms with Crippen LogP contribution >= 0.6 is 11.8 Å². The van der Waals surface area contributed by atoms with Crippen molar-refractivity contribution in [3.63, 3.8) is 0 Å². The van der Waals surface area contributed by atoms with Crippen molar-refractivity contribution < 1.29 is 0 Å². The minimum atomic E-state index is 0.489. The second kappa shape index (κ2) is 4.34. The molecule has 0 spiro atoms. The van der Waals surface area contributed by atoms with Gasteiger partial charge in [0.15, 0.2) is 0 Å². The van der Waals surface area contributed by atoms with Gasteiger partial charge in [-0.15, -0.1) is 11.8 Å². The summed E-state index contributed by atoms with van der Waals surface area (Å²) in [5.74, 6) is 0.489. The summed E-state index contributed by atoms with van der Waals surface area (Å²) in [5, 5.41) is 8.89. The lowest BCUT2D eigenvalue weighted by molar-refractivity contribution is 0.864. The lowest BCUT2D eigenvalue weighted by Gasteiger charge is -2.07. The van der Waals surface area contributed by atoms with Gasteiger partial charge in [0.25, 0.3) is 0 Å². The number of nitriles is 1. The standard InChI is InChI=1S/C11H13NS/c1-8(2)9-4-5-11(13-3)10(6-9)7-12/h4-6,8H,1-3H3. The fourth-order valence-electron chi connectivity index (χ4n) is 1.17. The molecular weight excluding hydrogens is 178 g/mol. The first-order valence-corrected chi connectivity index (χ1v) is 5.49. The lowest BCUT2D eigenvalue weighted by Crippen LogP contribution is -1.89. The minimum Gasteiger partial charge on any atom is -0.192 e. The monoisotopic (exact) mass is 191 g/mol. The van der Waals surface area contributed by atoms with E-state index in [1.807, 2.05) is 18.4 Å². The Bertz CT molecular complexity index is 336. The van der Waals surface area contributed by atoms with Crippen molar-refractivity contribution in [2.75, 3.05) is 6.26 Å². The van der Waals surface area contributed by atoms with E-state index in [1.165, 1.54) is 5.56 Å². The summed E-state index contributed by atoms with van der Waals surface area (Å²) in [6.07, 6.45) is 1.99. The fraction of sp³-hybridized carbons (Fsp3) is 0.364. The van der Waals surface area contributed by atoms with Gasteiger partial charge in [0.05, 0.1) is 5.56 Å². The van der Waals surface area contributed by atoms with E-state index in [0.717, 1.165) is 10.5 Å². The Morgan fingerprint density at radius 2 is 2.08 bits per heavy atom. The molecule has 0 N–H and O–H groups in total. The van der Waals surface area contributed by atoms with Gasteiger partial charge in [-0.2, -0.15) is 5.26 Å². The number of nitrogens with zero attached hydrogens (tertiary/aromatic N) is 1. The fourth-order valence-corrected chi connectivity index (χ4v) is 1.70. The smallest absolute Gasteiger partial charge is 0.100 e. The molecule has 0 amide bonds. The number of hydrogen-bond acceptors (Lipinski definition) is 2. The molecule has 2 heteroatoms. The van der Waals surface area contributed by atoms with Crippen LogP contribution in [0.2, 0.25) is 0 Å². The van der Waals surface area contributed by atoms with E-state index in [4.69, 9.17) is 5.26 Å².